The molecule has 0 atom stereocenters. The lowest BCUT2D eigenvalue weighted by Crippen LogP contribution is -2.47. The fraction of sp³-hybridized carbons (Fsp3) is 0.667. The summed E-state index contributed by atoms with van der Waals surface area (Å²) in [6.45, 7) is 11.8. The van der Waals surface area contributed by atoms with Crippen molar-refractivity contribution in [2.24, 2.45) is 0 Å². The van der Waals surface area contributed by atoms with E-state index in [1.165, 1.54) is 0 Å². The number of alkyl halides is 2. The lowest BCUT2D eigenvalue weighted by atomic mass is 9.62. The van der Waals surface area contributed by atoms with Crippen LogP contribution in [-0.2, 0) is 14.7 Å². The van der Waals surface area contributed by atoms with E-state index in [1.54, 1.807) is 0 Å². The van der Waals surface area contributed by atoms with Gasteiger partial charge in [-0.3, -0.25) is 0 Å². The second-order valence-electron chi connectivity index (χ2n) is 8.55. The van der Waals surface area contributed by atoms with Gasteiger partial charge in [0, 0.05) is 23.3 Å². The summed E-state index contributed by atoms with van der Waals surface area (Å²) in [5, 5.41) is 0.503. The lowest BCUT2D eigenvalue weighted by molar-refractivity contribution is -0.120. The molecule has 24 heavy (non-hydrogen) atoms. The van der Waals surface area contributed by atoms with Crippen LogP contribution in [0.15, 0.2) is 12.1 Å². The first-order valence-corrected chi connectivity index (χ1v) is 8.68. The topological polar surface area (TPSA) is 18.5 Å². The van der Waals surface area contributed by atoms with Crippen LogP contribution in [0, 0.1) is 6.92 Å². The average Bonchev–Trinajstić information content (AvgIpc) is 2.58. The molecular formula is C18H24BClF2O2. The Labute approximate surface area is 148 Å². The zero-order valence-corrected chi connectivity index (χ0v) is 15.9. The summed E-state index contributed by atoms with van der Waals surface area (Å²) in [5.41, 5.74) is 1.16. The maximum absolute atomic E-state index is 13.4. The highest BCUT2D eigenvalue weighted by Gasteiger charge is 2.56. The Morgan fingerprint density at radius 2 is 1.50 bits per heavy atom. The smallest absolute Gasteiger partial charge is 0.399 e. The van der Waals surface area contributed by atoms with Crippen LogP contribution in [0.5, 0.6) is 0 Å². The zero-order valence-electron chi connectivity index (χ0n) is 15.1. The molecule has 0 amide bonds. The summed E-state index contributed by atoms with van der Waals surface area (Å²) in [4.78, 5) is 0. The molecule has 0 aromatic heterocycles. The Hall–Kier alpha value is -0.645. The van der Waals surface area contributed by atoms with Crippen molar-refractivity contribution in [2.75, 3.05) is 0 Å². The number of halogens is 3. The van der Waals surface area contributed by atoms with E-state index in [0.29, 0.717) is 5.02 Å². The van der Waals surface area contributed by atoms with E-state index in [2.05, 4.69) is 0 Å². The number of benzene rings is 1. The molecule has 1 saturated carbocycles. The highest BCUT2D eigenvalue weighted by atomic mass is 35.5. The standard InChI is InChI=1S/C18H24BClF2O2/c1-11-7-12(17(6)9-18(21,22)10-17)14(20)8-13(11)19-23-15(2,3)16(4,5)24-19/h7-8H,9-10H2,1-6H3. The maximum atomic E-state index is 13.4. The van der Waals surface area contributed by atoms with Gasteiger partial charge in [-0.15, -0.1) is 0 Å². The van der Waals surface area contributed by atoms with Gasteiger partial charge in [0.15, 0.2) is 0 Å². The molecule has 2 nitrogen and oxygen atoms in total. The first kappa shape index (κ1) is 18.2. The molecule has 1 aliphatic carbocycles. The third-order valence-electron chi connectivity index (χ3n) is 5.81. The molecule has 0 radical (unpaired) electrons. The number of rotatable bonds is 2. The Balaban J connectivity index is 1.92. The summed E-state index contributed by atoms with van der Waals surface area (Å²) in [5.74, 6) is -2.59. The third kappa shape index (κ3) is 2.79. The zero-order chi connectivity index (χ0) is 18.1. The minimum atomic E-state index is -2.59. The molecule has 0 spiro atoms. The molecule has 1 heterocycles. The molecule has 1 aromatic rings. The van der Waals surface area contributed by atoms with Crippen LogP contribution >= 0.6 is 11.6 Å². The predicted octanol–water partition coefficient (Wildman–Crippen LogP) is 4.63. The SMILES string of the molecule is Cc1cc(C2(C)CC(F)(F)C2)c(Cl)cc1B1OC(C)(C)C(C)(C)O1. The van der Waals surface area contributed by atoms with E-state index in [0.717, 1.165) is 16.6 Å². The maximum Gasteiger partial charge on any atom is 0.495 e. The van der Waals surface area contributed by atoms with E-state index in [4.69, 9.17) is 20.9 Å². The van der Waals surface area contributed by atoms with E-state index in [9.17, 15) is 8.78 Å². The second-order valence-corrected chi connectivity index (χ2v) is 8.95. The van der Waals surface area contributed by atoms with E-state index in [1.807, 2.05) is 53.7 Å². The first-order chi connectivity index (χ1) is 10.8. The minimum absolute atomic E-state index is 0.158. The van der Waals surface area contributed by atoms with Crippen molar-refractivity contribution in [1.29, 1.82) is 0 Å². The number of aryl methyl sites for hydroxylation is 1. The molecule has 1 aliphatic heterocycles. The van der Waals surface area contributed by atoms with Gasteiger partial charge in [-0.2, -0.15) is 0 Å². The van der Waals surface area contributed by atoms with Gasteiger partial charge >= 0.3 is 7.12 Å². The normalized spacial score (nSPS) is 26.3. The predicted molar refractivity (Wildman–Crippen MR) is 93.4 cm³/mol. The average molecular weight is 357 g/mol. The van der Waals surface area contributed by atoms with Crippen molar-refractivity contribution in [3.63, 3.8) is 0 Å². The van der Waals surface area contributed by atoms with Gasteiger partial charge in [-0.05, 0) is 51.7 Å². The van der Waals surface area contributed by atoms with Crippen molar-refractivity contribution in [2.45, 2.75) is 76.9 Å². The van der Waals surface area contributed by atoms with Crippen molar-refractivity contribution in [3.05, 3.63) is 28.3 Å². The monoisotopic (exact) mass is 356 g/mol. The quantitative estimate of drug-likeness (QED) is 0.719. The number of hydrogen-bond donors (Lipinski definition) is 0. The molecule has 0 bridgehead atoms. The molecule has 132 valence electrons. The Morgan fingerprint density at radius 1 is 1.00 bits per heavy atom. The lowest BCUT2D eigenvalue weighted by Gasteiger charge is -2.45. The fourth-order valence-electron chi connectivity index (χ4n) is 3.66. The van der Waals surface area contributed by atoms with Crippen LogP contribution in [-0.4, -0.2) is 24.2 Å². The second kappa shape index (κ2) is 5.18. The molecule has 1 aromatic carbocycles. The Morgan fingerprint density at radius 3 is 1.96 bits per heavy atom. The Kier molecular flexibility index (Phi) is 3.92. The molecular weight excluding hydrogens is 332 g/mol. The van der Waals surface area contributed by atoms with Crippen LogP contribution in [0.3, 0.4) is 0 Å². The molecule has 3 rings (SSSR count). The molecule has 0 unspecified atom stereocenters. The fourth-order valence-corrected chi connectivity index (χ4v) is 4.06. The van der Waals surface area contributed by atoms with Gasteiger partial charge in [-0.25, -0.2) is 8.78 Å². The molecule has 1 saturated heterocycles. The van der Waals surface area contributed by atoms with E-state index >= 15 is 0 Å². The highest BCUT2D eigenvalue weighted by Crippen LogP contribution is 2.54. The van der Waals surface area contributed by atoms with Crippen molar-refractivity contribution in [3.8, 4) is 0 Å². The van der Waals surface area contributed by atoms with Gasteiger partial charge in [0.2, 0.25) is 5.92 Å². The van der Waals surface area contributed by atoms with Gasteiger partial charge in [0.1, 0.15) is 0 Å². The first-order valence-electron chi connectivity index (χ1n) is 8.30. The minimum Gasteiger partial charge on any atom is -0.399 e. The van der Waals surface area contributed by atoms with Crippen molar-refractivity contribution >= 4 is 24.2 Å². The van der Waals surface area contributed by atoms with Gasteiger partial charge in [0.05, 0.1) is 11.2 Å². The van der Waals surface area contributed by atoms with Gasteiger partial charge in [-0.1, -0.05) is 30.2 Å². The van der Waals surface area contributed by atoms with Crippen LogP contribution in [0.2, 0.25) is 5.02 Å². The summed E-state index contributed by atoms with van der Waals surface area (Å²) in [7, 11) is -0.503. The van der Waals surface area contributed by atoms with Crippen molar-refractivity contribution < 1.29 is 18.1 Å². The summed E-state index contributed by atoms with van der Waals surface area (Å²) >= 11 is 6.46. The van der Waals surface area contributed by atoms with E-state index < -0.39 is 29.7 Å². The molecule has 0 N–H and O–H groups in total. The summed E-state index contributed by atoms with van der Waals surface area (Å²) < 4.78 is 38.9. The van der Waals surface area contributed by atoms with Crippen LogP contribution in [0.1, 0.15) is 58.6 Å². The van der Waals surface area contributed by atoms with Gasteiger partial charge < -0.3 is 9.31 Å². The molecule has 2 aliphatic rings. The molecule has 6 heteroatoms. The van der Waals surface area contributed by atoms with E-state index in [-0.39, 0.29) is 12.8 Å². The van der Waals surface area contributed by atoms with Crippen molar-refractivity contribution in [1.82, 2.24) is 0 Å². The Bertz CT molecular complexity index is 664. The van der Waals surface area contributed by atoms with Gasteiger partial charge in [0.25, 0.3) is 0 Å². The van der Waals surface area contributed by atoms with Crippen LogP contribution < -0.4 is 5.46 Å². The summed E-state index contributed by atoms with van der Waals surface area (Å²) in [6.07, 6.45) is -0.315. The van der Waals surface area contributed by atoms with Crippen LogP contribution in [0.4, 0.5) is 8.78 Å². The molecule has 2 fully saturated rings. The third-order valence-corrected chi connectivity index (χ3v) is 6.12. The largest absolute Gasteiger partial charge is 0.495 e. The summed E-state index contributed by atoms with van der Waals surface area (Å²) in [6, 6.07) is 3.73. The highest BCUT2D eigenvalue weighted by molar-refractivity contribution is 6.63. The number of hydrogen-bond acceptors (Lipinski definition) is 2. The van der Waals surface area contributed by atoms with Crippen LogP contribution in [0.25, 0.3) is 0 Å².